The Morgan fingerprint density at radius 3 is 1.68 bits per heavy atom. The molecule has 0 radical (unpaired) electrons. The first kappa shape index (κ1) is 11.9. The fourth-order valence-corrected chi connectivity index (χ4v) is 2.43. The van der Waals surface area contributed by atoms with Crippen LogP contribution in [0.25, 0.3) is 11.1 Å². The molecule has 0 amide bonds. The Bertz CT molecular complexity index is 625. The van der Waals surface area contributed by atoms with Crippen LogP contribution in [0.4, 0.5) is 0 Å². The summed E-state index contributed by atoms with van der Waals surface area (Å²) in [4.78, 5) is 0. The zero-order chi connectivity index (χ0) is 13.3. The van der Waals surface area contributed by atoms with Gasteiger partial charge in [-0.3, -0.25) is 0 Å². The monoisotopic (exact) mass is 248 g/mol. The summed E-state index contributed by atoms with van der Waals surface area (Å²) in [6, 6.07) is 24.1. The second-order valence-corrected chi connectivity index (χ2v) is 5.00. The van der Waals surface area contributed by atoms with Crippen LogP contribution < -0.4 is 0 Å². The van der Waals surface area contributed by atoms with Gasteiger partial charge in [-0.25, -0.2) is 0 Å². The van der Waals surface area contributed by atoms with Crippen LogP contribution in [0.5, 0.6) is 0 Å². The minimum atomic E-state index is -0.959. The second kappa shape index (κ2) is 4.52. The Hall–Kier alpha value is -2.12. The van der Waals surface area contributed by atoms with Gasteiger partial charge < -0.3 is 5.11 Å². The molecule has 0 aliphatic heterocycles. The van der Waals surface area contributed by atoms with E-state index < -0.39 is 5.60 Å². The highest BCUT2D eigenvalue weighted by Gasteiger charge is 2.27. The van der Waals surface area contributed by atoms with Crippen molar-refractivity contribution in [3.63, 3.8) is 0 Å². The lowest BCUT2D eigenvalue weighted by molar-refractivity contribution is 0.103. The summed E-state index contributed by atoms with van der Waals surface area (Å²) in [7, 11) is 0. The standard InChI is InChI=1S/C18H16O/c1-18(19,16-10-6-3-7-11-16)17-12-14-8-4-2-5-9-15(14)13-17/h2-13,19H,1H3. The summed E-state index contributed by atoms with van der Waals surface area (Å²) >= 11 is 0. The lowest BCUT2D eigenvalue weighted by Gasteiger charge is -2.23. The van der Waals surface area contributed by atoms with Crippen LogP contribution in [0.3, 0.4) is 0 Å². The quantitative estimate of drug-likeness (QED) is 0.725. The fraction of sp³-hybridized carbons (Fsp3) is 0.111. The van der Waals surface area contributed by atoms with Crippen LogP contribution in [-0.2, 0) is 5.60 Å². The van der Waals surface area contributed by atoms with Gasteiger partial charge in [-0.2, -0.15) is 0 Å². The molecule has 1 unspecified atom stereocenters. The predicted octanol–water partition coefficient (Wildman–Crippen LogP) is 4.05. The minimum absolute atomic E-state index is 0.912. The van der Waals surface area contributed by atoms with Crippen LogP contribution in [0, 0.1) is 0 Å². The maximum atomic E-state index is 10.8. The average Bonchev–Trinajstić information content (AvgIpc) is 2.72. The molecule has 0 saturated heterocycles. The van der Waals surface area contributed by atoms with Crippen molar-refractivity contribution in [3.8, 4) is 11.1 Å². The Morgan fingerprint density at radius 1 is 0.684 bits per heavy atom. The third-order valence-corrected chi connectivity index (χ3v) is 3.63. The first-order chi connectivity index (χ1) is 9.18. The highest BCUT2D eigenvalue weighted by atomic mass is 16.3. The summed E-state index contributed by atoms with van der Waals surface area (Å²) in [5, 5.41) is 10.8. The summed E-state index contributed by atoms with van der Waals surface area (Å²) in [5.41, 5.74) is 3.18. The number of rotatable bonds is 2. The summed E-state index contributed by atoms with van der Waals surface area (Å²) in [6.07, 6.45) is 0. The molecule has 0 aromatic heterocycles. The molecule has 1 heteroatoms. The molecular formula is C18H16O. The van der Waals surface area contributed by atoms with Crippen molar-refractivity contribution in [1.82, 2.24) is 0 Å². The van der Waals surface area contributed by atoms with Gasteiger partial charge >= 0.3 is 0 Å². The van der Waals surface area contributed by atoms with Gasteiger partial charge in [-0.1, -0.05) is 60.7 Å². The van der Waals surface area contributed by atoms with E-state index in [9.17, 15) is 5.11 Å². The maximum Gasteiger partial charge on any atom is 0.112 e. The molecule has 3 rings (SSSR count). The molecule has 0 spiro atoms. The van der Waals surface area contributed by atoms with Crippen LogP contribution in [-0.4, -0.2) is 5.11 Å². The van der Waals surface area contributed by atoms with Gasteiger partial charge in [-0.05, 0) is 41.3 Å². The molecule has 0 saturated carbocycles. The summed E-state index contributed by atoms with van der Waals surface area (Å²) in [6.45, 7) is 1.84. The molecule has 0 heterocycles. The minimum Gasteiger partial charge on any atom is -0.381 e. The Balaban J connectivity index is 2.12. The van der Waals surface area contributed by atoms with Crippen LogP contribution in [0.2, 0.25) is 0 Å². The zero-order valence-electron chi connectivity index (χ0n) is 10.9. The Labute approximate surface area is 113 Å². The normalized spacial score (nSPS) is 14.2. The van der Waals surface area contributed by atoms with Gasteiger partial charge in [0.25, 0.3) is 0 Å². The highest BCUT2D eigenvalue weighted by molar-refractivity contribution is 5.69. The SMILES string of the molecule is CC(O)(c1ccccc1)c1cc2cccccc-2c1. The molecule has 1 N–H and O–H groups in total. The molecule has 2 aliphatic rings. The Morgan fingerprint density at radius 2 is 1.16 bits per heavy atom. The van der Waals surface area contributed by atoms with E-state index in [0.717, 1.165) is 22.3 Å². The third kappa shape index (κ3) is 2.13. The van der Waals surface area contributed by atoms with Crippen molar-refractivity contribution in [2.45, 2.75) is 12.5 Å². The Kier molecular flexibility index (Phi) is 2.84. The van der Waals surface area contributed by atoms with Crippen molar-refractivity contribution in [2.24, 2.45) is 0 Å². The van der Waals surface area contributed by atoms with E-state index >= 15 is 0 Å². The molecule has 2 aliphatic carbocycles. The van der Waals surface area contributed by atoms with E-state index in [2.05, 4.69) is 24.3 Å². The van der Waals surface area contributed by atoms with Crippen molar-refractivity contribution < 1.29 is 5.11 Å². The van der Waals surface area contributed by atoms with Gasteiger partial charge in [0.05, 0.1) is 0 Å². The number of benzene rings is 1. The van der Waals surface area contributed by atoms with Gasteiger partial charge in [-0.15, -0.1) is 0 Å². The molecule has 19 heavy (non-hydrogen) atoms. The lowest BCUT2D eigenvalue weighted by Crippen LogP contribution is -2.21. The van der Waals surface area contributed by atoms with Crippen LogP contribution in [0.1, 0.15) is 18.1 Å². The number of fused-ring (bicyclic) bond motifs is 1. The van der Waals surface area contributed by atoms with Crippen molar-refractivity contribution >= 4 is 0 Å². The maximum absolute atomic E-state index is 10.8. The van der Waals surface area contributed by atoms with Gasteiger partial charge in [0.2, 0.25) is 0 Å². The van der Waals surface area contributed by atoms with Gasteiger partial charge in [0.15, 0.2) is 0 Å². The largest absolute Gasteiger partial charge is 0.381 e. The topological polar surface area (TPSA) is 20.2 Å². The molecule has 94 valence electrons. The van der Waals surface area contributed by atoms with Crippen molar-refractivity contribution in [1.29, 1.82) is 0 Å². The molecule has 0 bridgehead atoms. The molecule has 0 fully saturated rings. The average molecular weight is 248 g/mol. The fourth-order valence-electron chi connectivity index (χ4n) is 2.43. The van der Waals surface area contributed by atoms with Gasteiger partial charge in [0, 0.05) is 0 Å². The lowest BCUT2D eigenvalue weighted by atomic mass is 9.90. The second-order valence-electron chi connectivity index (χ2n) is 5.00. The molecule has 1 aromatic rings. The molecule has 1 aromatic carbocycles. The first-order valence-corrected chi connectivity index (χ1v) is 6.45. The van der Waals surface area contributed by atoms with Crippen LogP contribution >= 0.6 is 0 Å². The van der Waals surface area contributed by atoms with Gasteiger partial charge in [0.1, 0.15) is 5.60 Å². The van der Waals surface area contributed by atoms with Crippen molar-refractivity contribution in [3.05, 3.63) is 83.9 Å². The number of aliphatic hydroxyl groups is 1. The third-order valence-electron chi connectivity index (χ3n) is 3.63. The smallest absolute Gasteiger partial charge is 0.112 e. The van der Waals surface area contributed by atoms with E-state index in [-0.39, 0.29) is 0 Å². The van der Waals surface area contributed by atoms with E-state index in [1.165, 1.54) is 0 Å². The van der Waals surface area contributed by atoms with E-state index in [4.69, 9.17) is 0 Å². The zero-order valence-corrected chi connectivity index (χ0v) is 10.9. The van der Waals surface area contributed by atoms with E-state index in [1.807, 2.05) is 55.5 Å². The van der Waals surface area contributed by atoms with Crippen LogP contribution in [0.15, 0.2) is 72.8 Å². The van der Waals surface area contributed by atoms with E-state index in [1.54, 1.807) is 0 Å². The molecular weight excluding hydrogens is 232 g/mol. The van der Waals surface area contributed by atoms with E-state index in [0.29, 0.717) is 0 Å². The predicted molar refractivity (Wildman–Crippen MR) is 78.2 cm³/mol. The molecule has 1 nitrogen and oxygen atoms in total. The first-order valence-electron chi connectivity index (χ1n) is 6.45. The highest BCUT2D eigenvalue weighted by Crippen LogP contribution is 2.35. The number of hydrogen-bond donors (Lipinski definition) is 1. The molecule has 1 atom stereocenters. The summed E-state index contributed by atoms with van der Waals surface area (Å²) in [5.74, 6) is 0. The summed E-state index contributed by atoms with van der Waals surface area (Å²) < 4.78 is 0. The number of hydrogen-bond acceptors (Lipinski definition) is 1. The van der Waals surface area contributed by atoms with Crippen molar-refractivity contribution in [2.75, 3.05) is 0 Å².